The molecule has 0 saturated carbocycles. The lowest BCUT2D eigenvalue weighted by Gasteiger charge is -2.17. The van der Waals surface area contributed by atoms with Crippen molar-refractivity contribution >= 4 is 5.91 Å². The Hall–Kier alpha value is -2.11. The first-order chi connectivity index (χ1) is 12.0. The summed E-state index contributed by atoms with van der Waals surface area (Å²) in [6.07, 6.45) is 5.17. The largest absolute Gasteiger partial charge is 0.361 e. The van der Waals surface area contributed by atoms with Crippen molar-refractivity contribution in [3.05, 3.63) is 34.5 Å². The van der Waals surface area contributed by atoms with E-state index in [4.69, 9.17) is 4.52 Å². The molecule has 6 heteroatoms. The number of amides is 1. The van der Waals surface area contributed by atoms with Gasteiger partial charge in [-0.3, -0.25) is 9.48 Å². The summed E-state index contributed by atoms with van der Waals surface area (Å²) in [7, 11) is 1.82. The summed E-state index contributed by atoms with van der Waals surface area (Å²) in [6, 6.07) is 1.93. The fourth-order valence-corrected chi connectivity index (χ4v) is 3.47. The number of fused-ring (bicyclic) bond motifs is 1. The average Bonchev–Trinajstić information content (AvgIpc) is 3.18. The highest BCUT2D eigenvalue weighted by atomic mass is 16.5. The van der Waals surface area contributed by atoms with Crippen molar-refractivity contribution in [3.63, 3.8) is 0 Å². The van der Waals surface area contributed by atoms with Crippen LogP contribution < -0.4 is 0 Å². The molecule has 0 unspecified atom stereocenters. The van der Waals surface area contributed by atoms with Gasteiger partial charge in [0.15, 0.2) is 0 Å². The molecule has 136 valence electrons. The lowest BCUT2D eigenvalue weighted by atomic mass is 9.96. The number of aromatic nitrogens is 3. The second-order valence-electron chi connectivity index (χ2n) is 7.33. The number of hydrogen-bond acceptors (Lipinski definition) is 4. The van der Waals surface area contributed by atoms with Crippen LogP contribution in [0.25, 0.3) is 0 Å². The number of hydrogen-bond donors (Lipinski definition) is 0. The van der Waals surface area contributed by atoms with Gasteiger partial charge in [0.25, 0.3) is 5.91 Å². The monoisotopic (exact) mass is 344 g/mol. The van der Waals surface area contributed by atoms with Crippen molar-refractivity contribution in [1.82, 2.24) is 19.8 Å². The SMILES string of the molecule is CCn1nc(CC(C)C)cc1C(=O)N(C)Cc1noc2c1CCCC2. The molecule has 0 atom stereocenters. The van der Waals surface area contributed by atoms with Crippen LogP contribution >= 0.6 is 0 Å². The van der Waals surface area contributed by atoms with Crippen LogP contribution in [-0.4, -0.2) is 32.8 Å². The van der Waals surface area contributed by atoms with Crippen LogP contribution in [-0.2, 0) is 32.4 Å². The van der Waals surface area contributed by atoms with Crippen LogP contribution in [0.5, 0.6) is 0 Å². The Balaban J connectivity index is 1.76. The molecule has 1 aliphatic rings. The Morgan fingerprint density at radius 3 is 2.84 bits per heavy atom. The second-order valence-corrected chi connectivity index (χ2v) is 7.33. The maximum Gasteiger partial charge on any atom is 0.272 e. The van der Waals surface area contributed by atoms with Crippen molar-refractivity contribution < 1.29 is 9.32 Å². The summed E-state index contributed by atoms with van der Waals surface area (Å²) in [6.45, 7) is 7.49. The molecule has 3 rings (SSSR count). The van der Waals surface area contributed by atoms with Gasteiger partial charge in [-0.25, -0.2) is 0 Å². The zero-order valence-electron chi connectivity index (χ0n) is 15.7. The highest BCUT2D eigenvalue weighted by Crippen LogP contribution is 2.25. The number of aryl methyl sites for hydroxylation is 2. The van der Waals surface area contributed by atoms with E-state index in [0.29, 0.717) is 24.7 Å². The number of rotatable bonds is 6. The summed E-state index contributed by atoms with van der Waals surface area (Å²) in [4.78, 5) is 14.6. The standard InChI is InChI=1S/C19H28N4O2/c1-5-23-17(11-14(20-23)10-13(2)3)19(24)22(4)12-16-15-8-6-7-9-18(15)25-21-16/h11,13H,5-10,12H2,1-4H3. The number of carbonyl (C=O) groups excluding carboxylic acids is 1. The van der Waals surface area contributed by atoms with Gasteiger partial charge in [-0.05, 0) is 44.6 Å². The van der Waals surface area contributed by atoms with Gasteiger partial charge < -0.3 is 9.42 Å². The summed E-state index contributed by atoms with van der Waals surface area (Å²) in [5, 5.41) is 8.78. The van der Waals surface area contributed by atoms with Crippen LogP contribution in [0, 0.1) is 5.92 Å². The Kier molecular flexibility index (Phi) is 5.25. The molecule has 1 aliphatic carbocycles. The van der Waals surface area contributed by atoms with Crippen molar-refractivity contribution in [3.8, 4) is 0 Å². The minimum absolute atomic E-state index is 0.0167. The summed E-state index contributed by atoms with van der Waals surface area (Å²) in [5.74, 6) is 1.50. The topological polar surface area (TPSA) is 64.2 Å². The first-order valence-corrected chi connectivity index (χ1v) is 9.28. The lowest BCUT2D eigenvalue weighted by Crippen LogP contribution is -2.29. The van der Waals surface area contributed by atoms with Gasteiger partial charge in [0.05, 0.1) is 12.2 Å². The van der Waals surface area contributed by atoms with Crippen molar-refractivity contribution in [2.45, 2.75) is 66.0 Å². The molecular formula is C19H28N4O2. The molecule has 0 fully saturated rings. The van der Waals surface area contributed by atoms with E-state index in [2.05, 4.69) is 24.1 Å². The van der Waals surface area contributed by atoms with Gasteiger partial charge in [-0.15, -0.1) is 0 Å². The lowest BCUT2D eigenvalue weighted by molar-refractivity contribution is 0.0769. The van der Waals surface area contributed by atoms with E-state index in [1.54, 1.807) is 9.58 Å². The minimum atomic E-state index is -0.0167. The Bertz CT molecular complexity index is 745. The van der Waals surface area contributed by atoms with E-state index >= 15 is 0 Å². The van der Waals surface area contributed by atoms with Gasteiger partial charge >= 0.3 is 0 Å². The van der Waals surface area contributed by atoms with E-state index in [0.717, 1.165) is 42.8 Å². The van der Waals surface area contributed by atoms with E-state index in [9.17, 15) is 4.79 Å². The molecule has 0 spiro atoms. The molecule has 0 N–H and O–H groups in total. The summed E-state index contributed by atoms with van der Waals surface area (Å²) >= 11 is 0. The molecule has 2 aromatic heterocycles. The molecule has 0 bridgehead atoms. The van der Waals surface area contributed by atoms with Gasteiger partial charge in [0, 0.05) is 25.6 Å². The zero-order valence-corrected chi connectivity index (χ0v) is 15.7. The Morgan fingerprint density at radius 1 is 1.36 bits per heavy atom. The maximum absolute atomic E-state index is 12.9. The summed E-state index contributed by atoms with van der Waals surface area (Å²) in [5.41, 5.74) is 3.73. The van der Waals surface area contributed by atoms with E-state index in [1.165, 1.54) is 12.0 Å². The Morgan fingerprint density at radius 2 is 2.12 bits per heavy atom. The highest BCUT2D eigenvalue weighted by Gasteiger charge is 2.24. The Labute approximate surface area is 149 Å². The minimum Gasteiger partial charge on any atom is -0.361 e. The molecule has 1 amide bonds. The molecule has 2 heterocycles. The third-order valence-electron chi connectivity index (χ3n) is 4.73. The smallest absolute Gasteiger partial charge is 0.272 e. The normalized spacial score (nSPS) is 14.0. The summed E-state index contributed by atoms with van der Waals surface area (Å²) < 4.78 is 7.26. The molecule has 2 aromatic rings. The van der Waals surface area contributed by atoms with Crippen LogP contribution in [0.3, 0.4) is 0 Å². The molecule has 0 saturated heterocycles. The fraction of sp³-hybridized carbons (Fsp3) is 0.632. The van der Waals surface area contributed by atoms with Crippen molar-refractivity contribution in [2.75, 3.05) is 7.05 Å². The number of nitrogens with zero attached hydrogens (tertiary/aromatic N) is 4. The zero-order chi connectivity index (χ0) is 18.0. The van der Waals surface area contributed by atoms with E-state index in [-0.39, 0.29) is 5.91 Å². The van der Waals surface area contributed by atoms with Gasteiger partial charge in [-0.1, -0.05) is 19.0 Å². The third-order valence-corrected chi connectivity index (χ3v) is 4.73. The van der Waals surface area contributed by atoms with Gasteiger partial charge in [-0.2, -0.15) is 5.10 Å². The first kappa shape index (κ1) is 17.7. The van der Waals surface area contributed by atoms with Crippen molar-refractivity contribution in [1.29, 1.82) is 0 Å². The average molecular weight is 344 g/mol. The van der Waals surface area contributed by atoms with Gasteiger partial charge in [0.1, 0.15) is 17.1 Å². The predicted octanol–water partition coefficient (Wildman–Crippen LogP) is 3.24. The highest BCUT2D eigenvalue weighted by molar-refractivity contribution is 5.92. The van der Waals surface area contributed by atoms with Crippen LogP contribution in [0.4, 0.5) is 0 Å². The molecule has 25 heavy (non-hydrogen) atoms. The van der Waals surface area contributed by atoms with E-state index in [1.807, 2.05) is 20.0 Å². The van der Waals surface area contributed by atoms with Gasteiger partial charge in [0.2, 0.25) is 0 Å². The predicted molar refractivity (Wildman–Crippen MR) is 95.4 cm³/mol. The van der Waals surface area contributed by atoms with Crippen LogP contribution in [0.1, 0.15) is 66.8 Å². The molecule has 6 nitrogen and oxygen atoms in total. The molecule has 0 aromatic carbocycles. The van der Waals surface area contributed by atoms with E-state index < -0.39 is 0 Å². The third kappa shape index (κ3) is 3.78. The first-order valence-electron chi connectivity index (χ1n) is 9.28. The maximum atomic E-state index is 12.9. The number of carbonyl (C=O) groups is 1. The molecular weight excluding hydrogens is 316 g/mol. The fourth-order valence-electron chi connectivity index (χ4n) is 3.47. The molecule has 0 aliphatic heterocycles. The second kappa shape index (κ2) is 7.42. The molecule has 0 radical (unpaired) electrons. The van der Waals surface area contributed by atoms with Crippen LogP contribution in [0.2, 0.25) is 0 Å². The quantitative estimate of drug-likeness (QED) is 0.807. The van der Waals surface area contributed by atoms with Crippen LogP contribution in [0.15, 0.2) is 10.6 Å². The van der Waals surface area contributed by atoms with Crippen molar-refractivity contribution in [2.24, 2.45) is 5.92 Å².